The van der Waals surface area contributed by atoms with Crippen molar-refractivity contribution < 1.29 is 0 Å². The van der Waals surface area contributed by atoms with Gasteiger partial charge in [0, 0.05) is 29.5 Å². The molecule has 0 aliphatic carbocycles. The minimum absolute atomic E-state index is 0.153. The minimum Gasteiger partial charge on any atom is -0.295 e. The number of aryl methyl sites for hydroxylation is 2. The van der Waals surface area contributed by atoms with Crippen molar-refractivity contribution in [2.24, 2.45) is 7.05 Å². The fourth-order valence-electron chi connectivity index (χ4n) is 2.40. The maximum atomic E-state index is 12.3. The van der Waals surface area contributed by atoms with Gasteiger partial charge in [-0.05, 0) is 31.2 Å². The average molecular weight is 290 g/mol. The molecule has 1 N–H and O–H groups in total. The number of H-pyrrole nitrogens is 1. The molecule has 0 radical (unpaired) electrons. The topological polar surface area (TPSA) is 59.8 Å². The van der Waals surface area contributed by atoms with Gasteiger partial charge < -0.3 is 0 Å². The van der Waals surface area contributed by atoms with E-state index >= 15 is 0 Å². The van der Waals surface area contributed by atoms with Gasteiger partial charge in [0.2, 0.25) is 0 Å². The summed E-state index contributed by atoms with van der Waals surface area (Å²) in [7, 11) is 1.62. The molecule has 0 aliphatic rings. The number of hydrogen-bond donors (Lipinski definition) is 1. The van der Waals surface area contributed by atoms with Crippen molar-refractivity contribution in [1.29, 1.82) is 0 Å². The van der Waals surface area contributed by atoms with Crippen LogP contribution < -0.4 is 11.1 Å². The van der Waals surface area contributed by atoms with E-state index < -0.39 is 0 Å². The highest BCUT2D eigenvalue weighted by molar-refractivity contribution is 6.30. The van der Waals surface area contributed by atoms with Crippen LogP contribution in [0.3, 0.4) is 0 Å². The second-order valence-electron chi connectivity index (χ2n) is 4.64. The summed E-state index contributed by atoms with van der Waals surface area (Å²) < 4.78 is 2.87. The molecule has 0 unspecified atom stereocenters. The molecule has 0 atom stereocenters. The fraction of sp³-hybridized carbons (Fsp3) is 0.143. The van der Waals surface area contributed by atoms with Gasteiger partial charge in [0.1, 0.15) is 0 Å². The minimum atomic E-state index is -0.195. The van der Waals surface area contributed by atoms with Gasteiger partial charge >= 0.3 is 0 Å². The lowest BCUT2D eigenvalue weighted by Gasteiger charge is -2.10. The number of pyridine rings is 1. The van der Waals surface area contributed by atoms with Crippen LogP contribution in [-0.2, 0) is 7.05 Å². The van der Waals surface area contributed by atoms with Crippen LogP contribution in [0.5, 0.6) is 0 Å². The second kappa shape index (κ2) is 4.38. The lowest BCUT2D eigenvalue weighted by Crippen LogP contribution is -2.21. The molecule has 1 aromatic carbocycles. The summed E-state index contributed by atoms with van der Waals surface area (Å²) in [6.07, 6.45) is 0. The van der Waals surface area contributed by atoms with Crippen molar-refractivity contribution in [3.63, 3.8) is 0 Å². The summed E-state index contributed by atoms with van der Waals surface area (Å²) in [4.78, 5) is 24.4. The number of fused-ring (bicyclic) bond motifs is 1. The van der Waals surface area contributed by atoms with E-state index in [0.717, 1.165) is 0 Å². The van der Waals surface area contributed by atoms with E-state index in [1.165, 1.54) is 15.3 Å². The summed E-state index contributed by atoms with van der Waals surface area (Å²) in [6, 6.07) is 8.35. The fourth-order valence-corrected chi connectivity index (χ4v) is 2.53. The van der Waals surface area contributed by atoms with Crippen molar-refractivity contribution >= 4 is 22.5 Å². The number of rotatable bonds is 1. The maximum absolute atomic E-state index is 12.3. The molecule has 5 nitrogen and oxygen atoms in total. The van der Waals surface area contributed by atoms with Crippen LogP contribution in [0.1, 0.15) is 5.69 Å². The maximum Gasteiger partial charge on any atom is 0.275 e. The number of aromatic amines is 1. The Morgan fingerprint density at radius 2 is 1.80 bits per heavy atom. The van der Waals surface area contributed by atoms with E-state index in [9.17, 15) is 9.59 Å². The predicted octanol–water partition coefficient (Wildman–Crippen LogP) is 1.98. The monoisotopic (exact) mass is 289 g/mol. The lowest BCUT2D eigenvalue weighted by molar-refractivity contribution is 0.751. The summed E-state index contributed by atoms with van der Waals surface area (Å²) in [5.41, 5.74) is 1.49. The molecule has 2 aromatic heterocycles. The highest BCUT2D eigenvalue weighted by Gasteiger charge is 2.13. The zero-order valence-electron chi connectivity index (χ0n) is 11.0. The van der Waals surface area contributed by atoms with E-state index in [1.54, 1.807) is 38.2 Å². The normalized spacial score (nSPS) is 11.2. The Kier molecular flexibility index (Phi) is 2.79. The molecule has 0 bridgehead atoms. The molecule has 3 rings (SSSR count). The second-order valence-corrected chi connectivity index (χ2v) is 5.08. The zero-order valence-corrected chi connectivity index (χ0v) is 11.7. The summed E-state index contributed by atoms with van der Waals surface area (Å²) >= 11 is 5.86. The van der Waals surface area contributed by atoms with Crippen LogP contribution >= 0.6 is 11.6 Å². The van der Waals surface area contributed by atoms with Crippen LogP contribution in [0.4, 0.5) is 0 Å². The number of benzene rings is 1. The standard InChI is InChI=1S/C14H12ClN3O2/c1-8-13-11(16-17(2)14(13)20)7-12(19)18(8)10-5-3-9(15)4-6-10/h3-7,16H,1-2H3. The van der Waals surface area contributed by atoms with Gasteiger partial charge in [0.05, 0.1) is 10.9 Å². The molecule has 0 amide bonds. The van der Waals surface area contributed by atoms with Crippen LogP contribution in [0.25, 0.3) is 16.6 Å². The average Bonchev–Trinajstić information content (AvgIpc) is 2.67. The Bertz CT molecular complexity index is 916. The largest absolute Gasteiger partial charge is 0.295 e. The van der Waals surface area contributed by atoms with Crippen molar-refractivity contribution in [3.8, 4) is 5.69 Å². The molecule has 0 saturated carbocycles. The first-order valence-corrected chi connectivity index (χ1v) is 6.44. The molecule has 0 fully saturated rings. The summed E-state index contributed by atoms with van der Waals surface area (Å²) in [5.74, 6) is 0. The quantitative estimate of drug-likeness (QED) is 0.745. The molecular weight excluding hydrogens is 278 g/mol. The van der Waals surface area contributed by atoms with Crippen molar-refractivity contribution in [2.45, 2.75) is 6.92 Å². The molecule has 20 heavy (non-hydrogen) atoms. The van der Waals surface area contributed by atoms with E-state index in [-0.39, 0.29) is 11.1 Å². The van der Waals surface area contributed by atoms with E-state index in [4.69, 9.17) is 11.6 Å². The van der Waals surface area contributed by atoms with Gasteiger partial charge in [-0.25, -0.2) is 0 Å². The highest BCUT2D eigenvalue weighted by atomic mass is 35.5. The van der Waals surface area contributed by atoms with Crippen molar-refractivity contribution in [2.75, 3.05) is 0 Å². The van der Waals surface area contributed by atoms with Gasteiger partial charge in [-0.1, -0.05) is 11.6 Å². The van der Waals surface area contributed by atoms with Gasteiger partial charge in [0.15, 0.2) is 0 Å². The molecule has 0 spiro atoms. The van der Waals surface area contributed by atoms with Crippen molar-refractivity contribution in [3.05, 3.63) is 61.8 Å². The van der Waals surface area contributed by atoms with Crippen LogP contribution in [-0.4, -0.2) is 14.3 Å². The Balaban J connectivity index is 2.42. The molecule has 0 aliphatic heterocycles. The van der Waals surface area contributed by atoms with E-state index in [1.807, 2.05) is 0 Å². The Hall–Kier alpha value is -2.27. The highest BCUT2D eigenvalue weighted by Crippen LogP contribution is 2.17. The predicted molar refractivity (Wildman–Crippen MR) is 78.9 cm³/mol. The van der Waals surface area contributed by atoms with Crippen molar-refractivity contribution in [1.82, 2.24) is 14.3 Å². The molecule has 6 heteroatoms. The summed E-state index contributed by atoms with van der Waals surface area (Å²) in [6.45, 7) is 1.76. The van der Waals surface area contributed by atoms with Crippen LogP contribution in [0.15, 0.2) is 39.9 Å². The first-order valence-electron chi connectivity index (χ1n) is 6.06. The third kappa shape index (κ3) is 1.78. The molecule has 102 valence electrons. The summed E-state index contributed by atoms with van der Waals surface area (Å²) in [5, 5.41) is 3.98. The third-order valence-electron chi connectivity index (χ3n) is 3.35. The SMILES string of the molecule is Cc1c2c(=O)n(C)[nH]c2cc(=O)n1-c1ccc(Cl)cc1. The number of aromatic nitrogens is 3. The first-order chi connectivity index (χ1) is 9.49. The number of nitrogens with zero attached hydrogens (tertiary/aromatic N) is 2. The zero-order chi connectivity index (χ0) is 14.4. The Morgan fingerprint density at radius 1 is 1.15 bits per heavy atom. The van der Waals surface area contributed by atoms with Gasteiger partial charge in [-0.15, -0.1) is 0 Å². The van der Waals surface area contributed by atoms with Gasteiger partial charge in [-0.3, -0.25) is 23.9 Å². The Morgan fingerprint density at radius 3 is 2.45 bits per heavy atom. The number of nitrogens with one attached hydrogen (secondary N) is 1. The number of halogens is 1. The lowest BCUT2D eigenvalue weighted by atomic mass is 10.2. The van der Waals surface area contributed by atoms with E-state index in [0.29, 0.717) is 27.3 Å². The Labute approximate surface area is 119 Å². The molecule has 0 saturated heterocycles. The smallest absolute Gasteiger partial charge is 0.275 e. The van der Waals surface area contributed by atoms with E-state index in [2.05, 4.69) is 5.10 Å². The third-order valence-corrected chi connectivity index (χ3v) is 3.60. The molecule has 2 heterocycles. The first kappa shape index (κ1) is 12.7. The number of hydrogen-bond acceptors (Lipinski definition) is 2. The van der Waals surface area contributed by atoms with Gasteiger partial charge in [-0.2, -0.15) is 0 Å². The van der Waals surface area contributed by atoms with Crippen LogP contribution in [0.2, 0.25) is 5.02 Å². The molecular formula is C14H12ClN3O2. The van der Waals surface area contributed by atoms with Gasteiger partial charge in [0.25, 0.3) is 11.1 Å². The van der Waals surface area contributed by atoms with Crippen LogP contribution in [0, 0.1) is 6.92 Å². The molecule has 3 aromatic rings.